The molecule has 0 radical (unpaired) electrons. The van der Waals surface area contributed by atoms with Crippen LogP contribution in [0.25, 0.3) is 0 Å². The highest BCUT2D eigenvalue weighted by atomic mass is 35.5. The Hall–Kier alpha value is -1.36. The van der Waals surface area contributed by atoms with E-state index in [0.29, 0.717) is 13.1 Å². The van der Waals surface area contributed by atoms with Gasteiger partial charge in [0.15, 0.2) is 11.6 Å². The minimum atomic E-state index is -0.429. The Labute approximate surface area is 122 Å². The Balaban J connectivity index is 1.59. The van der Waals surface area contributed by atoms with Crippen LogP contribution in [0.5, 0.6) is 0 Å². The van der Waals surface area contributed by atoms with E-state index in [9.17, 15) is 9.18 Å². The lowest BCUT2D eigenvalue weighted by atomic mass is 9.97. The number of likely N-dealkylation sites (tertiary alicyclic amines) is 1. The van der Waals surface area contributed by atoms with E-state index in [-0.39, 0.29) is 22.7 Å². The van der Waals surface area contributed by atoms with Gasteiger partial charge in [0.05, 0.1) is 10.9 Å². The Kier molecular flexibility index (Phi) is 3.78. The van der Waals surface area contributed by atoms with Gasteiger partial charge in [-0.15, -0.1) is 0 Å². The zero-order valence-corrected chi connectivity index (χ0v) is 11.9. The van der Waals surface area contributed by atoms with Crippen LogP contribution in [0, 0.1) is 11.7 Å². The topological polar surface area (TPSA) is 36.4 Å². The molecule has 6 heteroatoms. The van der Waals surface area contributed by atoms with E-state index >= 15 is 0 Å². The summed E-state index contributed by atoms with van der Waals surface area (Å²) in [5.74, 6) is 0.0405. The summed E-state index contributed by atoms with van der Waals surface area (Å²) in [6.45, 7) is 2.81. The van der Waals surface area contributed by atoms with Gasteiger partial charge in [-0.1, -0.05) is 11.6 Å². The summed E-state index contributed by atoms with van der Waals surface area (Å²) in [5.41, 5.74) is 0. The second-order valence-corrected chi connectivity index (χ2v) is 5.88. The van der Waals surface area contributed by atoms with E-state index in [1.807, 2.05) is 4.90 Å². The molecular weight excluding hydrogens is 281 g/mol. The summed E-state index contributed by atoms with van der Waals surface area (Å²) in [6, 6.07) is 1.25. The molecule has 0 spiro atoms. The lowest BCUT2D eigenvalue weighted by Gasteiger charge is -2.42. The van der Waals surface area contributed by atoms with Crippen molar-refractivity contribution < 1.29 is 9.18 Å². The Morgan fingerprint density at radius 1 is 1.30 bits per heavy atom. The number of aromatic nitrogens is 1. The molecule has 0 atom stereocenters. The number of pyridine rings is 1. The molecule has 0 unspecified atom stereocenters. The third kappa shape index (κ3) is 2.59. The molecule has 0 aliphatic carbocycles. The van der Waals surface area contributed by atoms with Crippen molar-refractivity contribution in [3.63, 3.8) is 0 Å². The predicted molar refractivity (Wildman–Crippen MR) is 75.3 cm³/mol. The minimum Gasteiger partial charge on any atom is -0.352 e. The summed E-state index contributed by atoms with van der Waals surface area (Å²) >= 11 is 5.68. The first-order chi connectivity index (χ1) is 9.65. The third-order valence-electron chi connectivity index (χ3n) is 3.99. The van der Waals surface area contributed by atoms with Crippen LogP contribution in [-0.2, 0) is 4.79 Å². The molecule has 3 rings (SSSR count). The summed E-state index contributed by atoms with van der Waals surface area (Å²) in [6.07, 6.45) is 4.82. The second kappa shape index (κ2) is 5.56. The van der Waals surface area contributed by atoms with Gasteiger partial charge in [-0.3, -0.25) is 4.79 Å². The van der Waals surface area contributed by atoms with E-state index in [1.54, 1.807) is 4.90 Å². The van der Waals surface area contributed by atoms with Crippen molar-refractivity contribution in [3.05, 3.63) is 23.1 Å². The van der Waals surface area contributed by atoms with E-state index in [2.05, 4.69) is 4.98 Å². The smallest absolute Gasteiger partial charge is 0.229 e. The fourth-order valence-corrected chi connectivity index (χ4v) is 2.96. The molecule has 2 aliphatic heterocycles. The van der Waals surface area contributed by atoms with Gasteiger partial charge >= 0.3 is 0 Å². The lowest BCUT2D eigenvalue weighted by molar-refractivity contribution is -0.137. The van der Waals surface area contributed by atoms with Crippen molar-refractivity contribution >= 4 is 23.3 Å². The number of halogens is 2. The fourth-order valence-electron chi connectivity index (χ4n) is 2.82. The summed E-state index contributed by atoms with van der Waals surface area (Å²) < 4.78 is 13.7. The largest absolute Gasteiger partial charge is 0.352 e. The molecule has 1 aromatic heterocycles. The van der Waals surface area contributed by atoms with Crippen molar-refractivity contribution in [2.24, 2.45) is 5.92 Å². The molecule has 0 saturated carbocycles. The van der Waals surface area contributed by atoms with Crippen LogP contribution in [-0.4, -0.2) is 42.0 Å². The van der Waals surface area contributed by atoms with Crippen molar-refractivity contribution in [1.82, 2.24) is 9.88 Å². The average molecular weight is 298 g/mol. The molecule has 3 heterocycles. The predicted octanol–water partition coefficient (Wildman–Crippen LogP) is 2.32. The maximum Gasteiger partial charge on any atom is 0.229 e. The maximum absolute atomic E-state index is 13.7. The number of rotatable bonds is 2. The normalized spacial score (nSPS) is 19.9. The highest BCUT2D eigenvalue weighted by Crippen LogP contribution is 2.28. The standard InChI is InChI=1S/C14H17ClFN3O/c15-11-6-12(16)13(17-7-11)19-8-10(9-19)14(20)18-4-2-1-3-5-18/h6-7,10H,1-5,8-9H2. The number of amides is 1. The van der Waals surface area contributed by atoms with Crippen LogP contribution in [0.2, 0.25) is 5.02 Å². The quantitative estimate of drug-likeness (QED) is 0.840. The number of piperidine rings is 1. The van der Waals surface area contributed by atoms with Gasteiger partial charge in [0.1, 0.15) is 0 Å². The Morgan fingerprint density at radius 2 is 2.00 bits per heavy atom. The van der Waals surface area contributed by atoms with Gasteiger partial charge in [0.25, 0.3) is 0 Å². The molecule has 2 fully saturated rings. The van der Waals surface area contributed by atoms with E-state index in [4.69, 9.17) is 11.6 Å². The molecule has 1 aromatic rings. The van der Waals surface area contributed by atoms with Crippen LogP contribution in [0.15, 0.2) is 12.3 Å². The van der Waals surface area contributed by atoms with Crippen LogP contribution >= 0.6 is 11.6 Å². The zero-order valence-electron chi connectivity index (χ0n) is 11.2. The molecule has 0 N–H and O–H groups in total. The Morgan fingerprint density at radius 3 is 2.65 bits per heavy atom. The number of carbonyl (C=O) groups is 1. The van der Waals surface area contributed by atoms with Crippen LogP contribution < -0.4 is 4.90 Å². The summed E-state index contributed by atoms with van der Waals surface area (Å²) in [4.78, 5) is 20.0. The number of carbonyl (C=O) groups excluding carboxylic acids is 1. The molecule has 4 nitrogen and oxygen atoms in total. The van der Waals surface area contributed by atoms with Gasteiger partial charge in [0.2, 0.25) is 5.91 Å². The van der Waals surface area contributed by atoms with E-state index < -0.39 is 5.82 Å². The first-order valence-electron chi connectivity index (χ1n) is 7.00. The third-order valence-corrected chi connectivity index (χ3v) is 4.19. The van der Waals surface area contributed by atoms with Gasteiger partial charge < -0.3 is 9.80 Å². The van der Waals surface area contributed by atoms with Crippen LogP contribution in [0.3, 0.4) is 0 Å². The number of nitrogens with zero attached hydrogens (tertiary/aromatic N) is 3. The SMILES string of the molecule is O=C(C1CN(c2ncc(Cl)cc2F)C1)N1CCCCC1. The van der Waals surface area contributed by atoms with Crippen LogP contribution in [0.4, 0.5) is 10.2 Å². The van der Waals surface area contributed by atoms with Crippen molar-refractivity contribution in [2.45, 2.75) is 19.3 Å². The lowest BCUT2D eigenvalue weighted by Crippen LogP contribution is -2.55. The maximum atomic E-state index is 13.7. The molecule has 20 heavy (non-hydrogen) atoms. The first-order valence-corrected chi connectivity index (χ1v) is 7.38. The van der Waals surface area contributed by atoms with Crippen molar-refractivity contribution in [3.8, 4) is 0 Å². The number of hydrogen-bond acceptors (Lipinski definition) is 3. The summed E-state index contributed by atoms with van der Waals surface area (Å²) in [7, 11) is 0. The van der Waals surface area contributed by atoms with Gasteiger partial charge in [-0.2, -0.15) is 0 Å². The highest BCUT2D eigenvalue weighted by molar-refractivity contribution is 6.30. The first kappa shape index (κ1) is 13.6. The molecule has 2 aliphatic rings. The van der Waals surface area contributed by atoms with Gasteiger partial charge in [0, 0.05) is 32.4 Å². The van der Waals surface area contributed by atoms with E-state index in [0.717, 1.165) is 25.9 Å². The van der Waals surface area contributed by atoms with Gasteiger partial charge in [-0.05, 0) is 25.3 Å². The molecule has 2 saturated heterocycles. The zero-order chi connectivity index (χ0) is 14.1. The van der Waals surface area contributed by atoms with Crippen molar-refractivity contribution in [1.29, 1.82) is 0 Å². The number of anilines is 1. The molecule has 1 amide bonds. The Bertz CT molecular complexity index is 513. The fraction of sp³-hybridized carbons (Fsp3) is 0.571. The highest BCUT2D eigenvalue weighted by Gasteiger charge is 2.37. The van der Waals surface area contributed by atoms with Gasteiger partial charge in [-0.25, -0.2) is 9.37 Å². The second-order valence-electron chi connectivity index (χ2n) is 5.45. The molecular formula is C14H17ClFN3O. The minimum absolute atomic E-state index is 0.0232. The van der Waals surface area contributed by atoms with Crippen LogP contribution in [0.1, 0.15) is 19.3 Å². The molecule has 108 valence electrons. The average Bonchev–Trinajstić information content (AvgIpc) is 2.40. The van der Waals surface area contributed by atoms with E-state index in [1.165, 1.54) is 18.7 Å². The summed E-state index contributed by atoms with van der Waals surface area (Å²) in [5, 5.41) is 0.285. The molecule has 0 aromatic carbocycles. The number of hydrogen-bond donors (Lipinski definition) is 0. The van der Waals surface area contributed by atoms with Crippen molar-refractivity contribution in [2.75, 3.05) is 31.1 Å². The monoisotopic (exact) mass is 297 g/mol. The molecule has 0 bridgehead atoms.